The lowest BCUT2D eigenvalue weighted by Gasteiger charge is -2.16. The maximum Gasteiger partial charge on any atom is 0.183 e. The maximum atomic E-state index is 6.72. The number of nitrogens with one attached hydrogen (secondary N) is 2. The molecule has 3 aromatic carbocycles. The fraction of sp³-hybridized carbons (Fsp3) is 0.517. The van der Waals surface area contributed by atoms with Crippen LogP contribution in [0.25, 0.3) is 0 Å². The van der Waals surface area contributed by atoms with Gasteiger partial charge in [0.2, 0.25) is 0 Å². The molecule has 398 valence electrons. The highest BCUT2D eigenvalue weighted by atomic mass is 32.2. The van der Waals surface area contributed by atoms with Gasteiger partial charge in [0.25, 0.3) is 0 Å². The molecule has 0 unspecified atom stereocenters. The molecule has 6 heterocycles. The van der Waals surface area contributed by atoms with E-state index in [4.69, 9.17) is 68.4 Å². The summed E-state index contributed by atoms with van der Waals surface area (Å²) in [4.78, 5) is 42.6. The molecule has 9 rings (SSSR count). The first-order valence-corrected chi connectivity index (χ1v) is 28.7. The second-order valence-electron chi connectivity index (χ2n) is 19.3. The standard InChI is InChI=1S/C58H74N10O6S/c1-7-13-19-31-69-37-25-26-38(70-32-20-14-8-2)44-43(37)51-59-52(44)61-54-46-40(72-34-22-16-10-4)28-30-42(74-36-24-18-12-6)48(46)56(63-54)65-58-50-49(67-75-68-50)57(66-58)64-55-47-41(73-35-23-17-11-5)29-27-39(71-33-21-15-9-3)45(47)53(60-51)62-55/h25-30,67-68H,7-24,31-36H2,1-6H3. The molecule has 0 spiro atoms. The van der Waals surface area contributed by atoms with Crippen molar-refractivity contribution in [2.24, 2.45) is 39.9 Å². The van der Waals surface area contributed by atoms with E-state index in [9.17, 15) is 0 Å². The maximum absolute atomic E-state index is 6.72. The third-order valence-corrected chi connectivity index (χ3v) is 14.1. The molecule has 16 nitrogen and oxygen atoms in total. The Balaban J connectivity index is 1.32. The first-order valence-electron chi connectivity index (χ1n) is 27.9. The highest BCUT2D eigenvalue weighted by Gasteiger charge is 2.39. The summed E-state index contributed by atoms with van der Waals surface area (Å²) in [6.45, 7) is 16.2. The fourth-order valence-corrected chi connectivity index (χ4v) is 10.0. The molecule has 0 saturated heterocycles. The minimum atomic E-state index is 0.353. The smallest absolute Gasteiger partial charge is 0.183 e. The monoisotopic (exact) mass is 1040 g/mol. The summed E-state index contributed by atoms with van der Waals surface area (Å²) in [5.74, 6) is 6.65. The molecule has 0 saturated carbocycles. The van der Waals surface area contributed by atoms with E-state index in [0.717, 1.165) is 116 Å². The fourth-order valence-electron chi connectivity index (χ4n) is 9.39. The van der Waals surface area contributed by atoms with Crippen LogP contribution in [0.2, 0.25) is 0 Å². The Morgan fingerprint density at radius 3 is 0.680 bits per heavy atom. The SMILES string of the molecule is CCCCCOc1ccc(OCCCCC)c2c1C1=NC3=NC(=NC4=NC(=NC5=NC(=NC2=N1)c1c(OCCCCC)ccc(OCCCCC)c15)c1c(OCCCCC)ccc(OCCCCC)c14)C1=C3NSN1. The molecule has 75 heavy (non-hydrogen) atoms. The van der Waals surface area contributed by atoms with Crippen molar-refractivity contribution in [3.8, 4) is 34.5 Å². The van der Waals surface area contributed by atoms with Gasteiger partial charge in [0.05, 0.1) is 85.2 Å². The van der Waals surface area contributed by atoms with Crippen LogP contribution in [0.5, 0.6) is 34.5 Å². The van der Waals surface area contributed by atoms with Gasteiger partial charge in [-0.05, 0) is 74.9 Å². The van der Waals surface area contributed by atoms with E-state index < -0.39 is 0 Å². The Hall–Kier alpha value is -6.49. The number of fused-ring (bicyclic) bond motifs is 15. The summed E-state index contributed by atoms with van der Waals surface area (Å²) in [5.41, 5.74) is 5.28. The minimum absolute atomic E-state index is 0.353. The number of nitrogens with zero attached hydrogens (tertiary/aromatic N) is 8. The first kappa shape index (κ1) is 53.3. The summed E-state index contributed by atoms with van der Waals surface area (Å²) in [5, 5.41) is 0. The molecule has 0 aromatic heterocycles. The Labute approximate surface area is 447 Å². The zero-order chi connectivity index (χ0) is 51.9. The minimum Gasteiger partial charge on any atom is -0.493 e. The predicted octanol–water partition coefficient (Wildman–Crippen LogP) is 12.8. The molecule has 8 bridgehead atoms. The molecule has 2 N–H and O–H groups in total. The van der Waals surface area contributed by atoms with Gasteiger partial charge in [-0.3, -0.25) is 0 Å². The third kappa shape index (κ3) is 12.1. The van der Waals surface area contributed by atoms with Crippen molar-refractivity contribution in [2.75, 3.05) is 39.6 Å². The van der Waals surface area contributed by atoms with E-state index in [1.54, 1.807) is 0 Å². The van der Waals surface area contributed by atoms with Crippen molar-refractivity contribution in [2.45, 2.75) is 157 Å². The Bertz CT molecular complexity index is 2860. The number of unbranched alkanes of at least 4 members (excludes halogenated alkanes) is 12. The lowest BCUT2D eigenvalue weighted by atomic mass is 10.0. The second-order valence-corrected chi connectivity index (χ2v) is 19.9. The van der Waals surface area contributed by atoms with Gasteiger partial charge in [-0.1, -0.05) is 119 Å². The summed E-state index contributed by atoms with van der Waals surface area (Å²) < 4.78 is 46.8. The van der Waals surface area contributed by atoms with Crippen molar-refractivity contribution < 1.29 is 28.4 Å². The van der Waals surface area contributed by atoms with Crippen molar-refractivity contribution in [3.63, 3.8) is 0 Å². The Morgan fingerprint density at radius 1 is 0.280 bits per heavy atom. The molecule has 6 aliphatic heterocycles. The topological polar surface area (TPSA) is 178 Å². The van der Waals surface area contributed by atoms with Crippen molar-refractivity contribution in [1.29, 1.82) is 0 Å². The van der Waals surface area contributed by atoms with Crippen molar-refractivity contribution >= 4 is 58.8 Å². The average molecular weight is 1040 g/mol. The van der Waals surface area contributed by atoms with Crippen LogP contribution < -0.4 is 37.9 Å². The van der Waals surface area contributed by atoms with Crippen LogP contribution in [0.4, 0.5) is 0 Å². The number of benzene rings is 3. The van der Waals surface area contributed by atoms with Gasteiger partial charge >= 0.3 is 0 Å². The molecule has 6 aliphatic rings. The lowest BCUT2D eigenvalue weighted by molar-refractivity contribution is 0.297. The number of hydrogen-bond donors (Lipinski definition) is 2. The molecule has 0 atom stereocenters. The summed E-state index contributed by atoms with van der Waals surface area (Å²) >= 11 is 1.32. The van der Waals surface area contributed by atoms with Gasteiger partial charge in [0, 0.05) is 0 Å². The Morgan fingerprint density at radius 2 is 0.467 bits per heavy atom. The molecule has 3 aromatic rings. The van der Waals surface area contributed by atoms with E-state index in [1.165, 1.54) is 12.1 Å². The average Bonchev–Trinajstić information content (AvgIpc) is 4.27. The number of ether oxygens (including phenoxy) is 6. The normalized spacial score (nSPS) is 15.5. The number of amidine groups is 8. The first-order chi connectivity index (χ1) is 37.0. The van der Waals surface area contributed by atoms with Gasteiger partial charge in [0.1, 0.15) is 45.9 Å². The third-order valence-electron chi connectivity index (χ3n) is 13.5. The molecular weight excluding hydrogens is 965 g/mol. The zero-order valence-electron chi connectivity index (χ0n) is 44.9. The molecule has 0 aliphatic carbocycles. The largest absolute Gasteiger partial charge is 0.493 e. The molecule has 0 radical (unpaired) electrons. The van der Waals surface area contributed by atoms with Crippen LogP contribution in [-0.2, 0) is 0 Å². The summed E-state index contributed by atoms with van der Waals surface area (Å²) in [6, 6.07) is 11.8. The number of aliphatic imine (C=N–C) groups is 8. The second kappa shape index (κ2) is 26.3. The van der Waals surface area contributed by atoms with Crippen molar-refractivity contribution in [3.05, 3.63) is 81.2 Å². The predicted molar refractivity (Wildman–Crippen MR) is 304 cm³/mol. The van der Waals surface area contributed by atoms with Crippen LogP contribution in [0, 0.1) is 0 Å². The number of hydrogen-bond acceptors (Lipinski definition) is 17. The zero-order valence-corrected chi connectivity index (χ0v) is 45.7. The van der Waals surface area contributed by atoms with Crippen molar-refractivity contribution in [1.82, 2.24) is 9.44 Å². The van der Waals surface area contributed by atoms with Crippen LogP contribution >= 0.6 is 12.1 Å². The molecule has 0 amide bonds. The van der Waals surface area contributed by atoms with Gasteiger partial charge in [-0.25, -0.2) is 39.9 Å². The van der Waals surface area contributed by atoms with Gasteiger partial charge in [0.15, 0.2) is 46.7 Å². The molecular formula is C58H74N10O6S. The van der Waals surface area contributed by atoms with E-state index in [2.05, 4.69) is 51.0 Å². The quantitative estimate of drug-likeness (QED) is 0.0485. The van der Waals surface area contributed by atoms with Crippen LogP contribution in [0.3, 0.4) is 0 Å². The van der Waals surface area contributed by atoms with E-state index in [-0.39, 0.29) is 0 Å². The van der Waals surface area contributed by atoms with E-state index in [1.807, 2.05) is 36.4 Å². The molecule has 17 heteroatoms. The van der Waals surface area contributed by atoms with Gasteiger partial charge < -0.3 is 37.9 Å². The summed E-state index contributed by atoms with van der Waals surface area (Å²) in [7, 11) is 0. The van der Waals surface area contributed by atoms with E-state index in [0.29, 0.717) is 166 Å². The lowest BCUT2D eigenvalue weighted by Crippen LogP contribution is -2.12. The number of rotatable bonds is 30. The van der Waals surface area contributed by atoms with Gasteiger partial charge in [-0.15, -0.1) is 0 Å². The highest BCUT2D eigenvalue weighted by Crippen LogP contribution is 2.43. The van der Waals surface area contributed by atoms with Crippen LogP contribution in [-0.4, -0.2) is 86.3 Å². The highest BCUT2D eigenvalue weighted by molar-refractivity contribution is 7.96. The molecule has 0 fully saturated rings. The van der Waals surface area contributed by atoms with Gasteiger partial charge in [-0.2, -0.15) is 0 Å². The van der Waals surface area contributed by atoms with E-state index >= 15 is 0 Å². The van der Waals surface area contributed by atoms with Crippen LogP contribution in [0.1, 0.15) is 190 Å². The van der Waals surface area contributed by atoms with Crippen LogP contribution in [0.15, 0.2) is 87.7 Å². The Kier molecular flexibility index (Phi) is 18.7. The summed E-state index contributed by atoms with van der Waals surface area (Å²) in [6.07, 6.45) is 17.9.